The molecule has 4 rings (SSSR count). The molecular weight excluding hydrogens is 519 g/mol. The molecule has 0 aromatic heterocycles. The number of nitrogens with one attached hydrogen (secondary N) is 2. The van der Waals surface area contributed by atoms with Crippen molar-refractivity contribution in [1.82, 2.24) is 5.32 Å². The number of allylic oxidation sites excluding steroid dienone is 3. The van der Waals surface area contributed by atoms with Crippen LogP contribution in [0.4, 0.5) is 18.9 Å². The summed E-state index contributed by atoms with van der Waals surface area (Å²) >= 11 is 0. The Kier molecular flexibility index (Phi) is 10.5. The van der Waals surface area contributed by atoms with E-state index in [-0.39, 0.29) is 23.2 Å². The van der Waals surface area contributed by atoms with Gasteiger partial charge in [0.15, 0.2) is 17.8 Å². The van der Waals surface area contributed by atoms with Crippen molar-refractivity contribution in [2.75, 3.05) is 11.9 Å². The van der Waals surface area contributed by atoms with Gasteiger partial charge in [0.05, 0.1) is 17.3 Å². The van der Waals surface area contributed by atoms with Gasteiger partial charge in [-0.05, 0) is 67.6 Å². The molecule has 9 heteroatoms. The number of carbonyl (C=O) groups excluding carboxylic acids is 1. The van der Waals surface area contributed by atoms with E-state index < -0.39 is 11.7 Å². The molecule has 3 aromatic rings. The van der Waals surface area contributed by atoms with Crippen molar-refractivity contribution in [3.8, 4) is 11.5 Å². The third-order valence-electron chi connectivity index (χ3n) is 6.31. The molecule has 0 heterocycles. The molecule has 6 N–H and O–H groups in total. The van der Waals surface area contributed by atoms with E-state index in [1.807, 2.05) is 12.1 Å². The van der Waals surface area contributed by atoms with Gasteiger partial charge in [0.25, 0.3) is 0 Å². The van der Waals surface area contributed by atoms with Crippen molar-refractivity contribution in [3.63, 3.8) is 0 Å². The molecular formula is C31H34F3N3O3. The molecule has 0 saturated heterocycles. The number of hydrogen-bond donors (Lipinski definition) is 5. The van der Waals surface area contributed by atoms with Crippen LogP contribution in [0.1, 0.15) is 41.1 Å². The summed E-state index contributed by atoms with van der Waals surface area (Å²) in [6, 6.07) is 20.0. The summed E-state index contributed by atoms with van der Waals surface area (Å²) in [6.45, 7) is 6.16. The number of anilines is 1. The minimum Gasteiger partial charge on any atom is -0.504 e. The normalized spacial score (nSPS) is 14.1. The number of hydrogen-bond acceptors (Lipinski definition) is 6. The molecule has 1 saturated carbocycles. The summed E-state index contributed by atoms with van der Waals surface area (Å²) < 4.78 is 36.9. The van der Waals surface area contributed by atoms with Crippen LogP contribution in [0.25, 0.3) is 0 Å². The lowest BCUT2D eigenvalue weighted by Gasteiger charge is -2.21. The van der Waals surface area contributed by atoms with Crippen LogP contribution in [0.2, 0.25) is 0 Å². The largest absolute Gasteiger partial charge is 0.504 e. The second-order valence-electron chi connectivity index (χ2n) is 9.68. The van der Waals surface area contributed by atoms with Crippen LogP contribution in [0.5, 0.6) is 11.5 Å². The first-order chi connectivity index (χ1) is 19.0. The predicted molar refractivity (Wildman–Crippen MR) is 151 cm³/mol. The monoisotopic (exact) mass is 553 g/mol. The van der Waals surface area contributed by atoms with Gasteiger partial charge in [-0.2, -0.15) is 13.2 Å². The zero-order valence-corrected chi connectivity index (χ0v) is 22.2. The number of phenols is 2. The van der Waals surface area contributed by atoms with Gasteiger partial charge < -0.3 is 26.6 Å². The van der Waals surface area contributed by atoms with Crippen molar-refractivity contribution in [3.05, 3.63) is 113 Å². The fourth-order valence-corrected chi connectivity index (χ4v) is 3.96. The van der Waals surface area contributed by atoms with E-state index in [2.05, 4.69) is 42.3 Å². The van der Waals surface area contributed by atoms with Gasteiger partial charge in [0.1, 0.15) is 0 Å². The molecule has 1 fully saturated rings. The van der Waals surface area contributed by atoms with E-state index in [0.29, 0.717) is 24.6 Å². The molecule has 1 atom stereocenters. The predicted octanol–water partition coefficient (Wildman–Crippen LogP) is 6.25. The number of rotatable bonds is 10. The highest BCUT2D eigenvalue weighted by atomic mass is 19.4. The maximum atomic E-state index is 12.3. The zero-order chi connectivity index (χ0) is 29.3. The first-order valence-electron chi connectivity index (χ1n) is 12.8. The summed E-state index contributed by atoms with van der Waals surface area (Å²) in [5, 5.41) is 26.1. The second kappa shape index (κ2) is 13.8. The van der Waals surface area contributed by atoms with Gasteiger partial charge in [-0.15, -0.1) is 0 Å². The third kappa shape index (κ3) is 9.00. The molecule has 1 unspecified atom stereocenters. The molecule has 3 aromatic carbocycles. The van der Waals surface area contributed by atoms with Gasteiger partial charge >= 0.3 is 6.18 Å². The number of halogens is 3. The number of phenolic OH excluding ortho intramolecular Hbond substituents is 2. The quantitative estimate of drug-likeness (QED) is 0.0879. The van der Waals surface area contributed by atoms with Crippen molar-refractivity contribution in [2.24, 2.45) is 11.7 Å². The fraction of sp³-hybridized carbons (Fsp3) is 0.258. The number of benzene rings is 3. The third-order valence-corrected chi connectivity index (χ3v) is 6.31. The molecule has 0 spiro atoms. The number of aldehydes is 1. The molecule has 0 aliphatic heterocycles. The lowest BCUT2D eigenvalue weighted by molar-refractivity contribution is -0.104. The lowest BCUT2D eigenvalue weighted by atomic mass is 9.96. The highest BCUT2D eigenvalue weighted by molar-refractivity contribution is 5.79. The van der Waals surface area contributed by atoms with Crippen molar-refractivity contribution in [2.45, 2.75) is 38.5 Å². The Labute approximate surface area is 232 Å². The van der Waals surface area contributed by atoms with Crippen LogP contribution in [0.15, 0.2) is 90.7 Å². The molecule has 40 heavy (non-hydrogen) atoms. The van der Waals surface area contributed by atoms with Crippen molar-refractivity contribution >= 4 is 12.0 Å². The maximum absolute atomic E-state index is 12.3. The van der Waals surface area contributed by atoms with Gasteiger partial charge in [-0.1, -0.05) is 60.7 Å². The Balaban J connectivity index is 0.000000222. The number of alkyl halides is 3. The average Bonchev–Trinajstić information content (AvgIpc) is 3.75. The summed E-state index contributed by atoms with van der Waals surface area (Å²) in [5.74, 6) is 0.641. The minimum absolute atomic E-state index is 0.0349. The molecule has 0 amide bonds. The van der Waals surface area contributed by atoms with Crippen molar-refractivity contribution in [1.29, 1.82) is 0 Å². The van der Waals surface area contributed by atoms with Gasteiger partial charge in [-0.25, -0.2) is 0 Å². The number of nitrogens with two attached hydrogens (primary N) is 1. The van der Waals surface area contributed by atoms with Crippen LogP contribution in [-0.4, -0.2) is 29.2 Å². The van der Waals surface area contributed by atoms with Crippen LogP contribution >= 0.6 is 0 Å². The van der Waals surface area contributed by atoms with Gasteiger partial charge in [0.2, 0.25) is 0 Å². The summed E-state index contributed by atoms with van der Waals surface area (Å²) in [5.41, 5.74) is 8.42. The topological polar surface area (TPSA) is 108 Å². The Morgan fingerprint density at radius 1 is 1.10 bits per heavy atom. The van der Waals surface area contributed by atoms with E-state index in [0.717, 1.165) is 29.2 Å². The average molecular weight is 554 g/mol. The van der Waals surface area contributed by atoms with Gasteiger partial charge in [0, 0.05) is 17.8 Å². The van der Waals surface area contributed by atoms with Crippen LogP contribution in [0, 0.1) is 12.8 Å². The number of para-hydroxylation sites is 1. The van der Waals surface area contributed by atoms with E-state index >= 15 is 0 Å². The molecule has 1 aliphatic carbocycles. The summed E-state index contributed by atoms with van der Waals surface area (Å²) in [4.78, 5) is 10.8. The molecule has 0 radical (unpaired) electrons. The Morgan fingerprint density at radius 2 is 1.80 bits per heavy atom. The first-order valence-corrected chi connectivity index (χ1v) is 12.8. The molecule has 1 aliphatic rings. The van der Waals surface area contributed by atoms with Crippen LogP contribution in [0.3, 0.4) is 0 Å². The second-order valence-corrected chi connectivity index (χ2v) is 9.68. The zero-order valence-electron chi connectivity index (χ0n) is 22.2. The highest BCUT2D eigenvalue weighted by Gasteiger charge is 2.30. The van der Waals surface area contributed by atoms with E-state index in [1.165, 1.54) is 24.5 Å². The number of aryl methyl sites for hydroxylation is 1. The Morgan fingerprint density at radius 3 is 2.42 bits per heavy atom. The van der Waals surface area contributed by atoms with Crippen LogP contribution in [-0.2, 0) is 11.3 Å². The Hall–Kier alpha value is -4.08. The molecule has 0 bridgehead atoms. The summed E-state index contributed by atoms with van der Waals surface area (Å²) in [6.07, 6.45) is -1.05. The number of carbonyl (C=O) groups is 1. The van der Waals surface area contributed by atoms with Crippen LogP contribution < -0.4 is 16.4 Å². The highest BCUT2D eigenvalue weighted by Crippen LogP contribution is 2.37. The molecule has 212 valence electrons. The minimum atomic E-state index is -4.56. The van der Waals surface area contributed by atoms with E-state index in [1.54, 1.807) is 30.3 Å². The molecule has 6 nitrogen and oxygen atoms in total. The lowest BCUT2D eigenvalue weighted by Crippen LogP contribution is -2.24. The summed E-state index contributed by atoms with van der Waals surface area (Å²) in [7, 11) is 0. The maximum Gasteiger partial charge on any atom is 0.415 e. The first kappa shape index (κ1) is 30.5. The van der Waals surface area contributed by atoms with E-state index in [9.17, 15) is 28.2 Å². The Bertz CT molecular complexity index is 1350. The fourth-order valence-electron chi connectivity index (χ4n) is 3.96. The smallest absolute Gasteiger partial charge is 0.415 e. The SMILES string of the molecule is C=C(/C=C(/C=O)Nc1cccc(CN)c1)C(F)(F)F.Cc1cccc(C(NCC2CC2)c2cccc(O)c2O)c1. The number of aromatic hydroxyl groups is 2. The van der Waals surface area contributed by atoms with Gasteiger partial charge in [-0.3, -0.25) is 4.79 Å². The van der Waals surface area contributed by atoms with Crippen molar-refractivity contribution < 1.29 is 28.2 Å². The van der Waals surface area contributed by atoms with E-state index in [4.69, 9.17) is 5.73 Å². The standard InChI is InChI=1S/C18H21NO2.C13H13F3N2O/c1-12-4-2-5-14(10-12)17(19-11-13-8-9-13)15-6-3-7-16(20)18(15)21;1-9(13(14,15)16)5-12(8-19)18-11-4-2-3-10(6-11)7-17/h2-7,10,13,17,19-21H,8-9,11H2,1H3;2-6,8,18H,1,7,17H2/b;12-5-.